The summed E-state index contributed by atoms with van der Waals surface area (Å²) < 4.78 is 1.86. The van der Waals surface area contributed by atoms with E-state index in [1.165, 1.54) is 32.1 Å². The van der Waals surface area contributed by atoms with E-state index in [0.717, 1.165) is 27.8 Å². The minimum Gasteiger partial charge on any atom is -0.367 e. The molecule has 0 radical (unpaired) electrons. The van der Waals surface area contributed by atoms with Crippen LogP contribution in [0.2, 0.25) is 0 Å². The van der Waals surface area contributed by atoms with Crippen LogP contribution in [0.3, 0.4) is 0 Å². The summed E-state index contributed by atoms with van der Waals surface area (Å²) in [5, 5.41) is 12.6. The normalized spacial score (nSPS) is 15.3. The average Bonchev–Trinajstić information content (AvgIpc) is 3.06. The van der Waals surface area contributed by atoms with Crippen molar-refractivity contribution in [3.8, 4) is 0 Å². The standard InChI is InChI=1S/C20H32N6OS/c1-4-28-20-24-18(23-14(2)3)16-13-22-26(19(16)25-20)11-10-21-17(27)12-15-8-6-5-7-9-15/h13-15H,4-12H2,1-3H3,(H,21,27)(H,23,24,25). The van der Waals surface area contributed by atoms with Crippen LogP contribution in [-0.2, 0) is 11.3 Å². The Labute approximate surface area is 171 Å². The fraction of sp³-hybridized carbons (Fsp3) is 0.700. The Hall–Kier alpha value is -1.83. The highest BCUT2D eigenvalue weighted by atomic mass is 32.2. The third kappa shape index (κ3) is 5.59. The number of fused-ring (bicyclic) bond motifs is 1. The van der Waals surface area contributed by atoms with Gasteiger partial charge in [-0.3, -0.25) is 4.79 Å². The van der Waals surface area contributed by atoms with Gasteiger partial charge in [-0.05, 0) is 38.4 Å². The second-order valence-corrected chi connectivity index (χ2v) is 8.98. The van der Waals surface area contributed by atoms with Crippen molar-refractivity contribution in [3.05, 3.63) is 6.20 Å². The molecule has 8 heteroatoms. The van der Waals surface area contributed by atoms with Crippen LogP contribution >= 0.6 is 11.8 Å². The Balaban J connectivity index is 1.63. The number of carbonyl (C=O) groups is 1. The molecular weight excluding hydrogens is 372 g/mol. The molecule has 0 spiro atoms. The lowest BCUT2D eigenvalue weighted by Gasteiger charge is -2.20. The molecule has 0 bridgehead atoms. The third-order valence-electron chi connectivity index (χ3n) is 5.02. The molecule has 1 saturated carbocycles. The number of rotatable bonds is 9. The van der Waals surface area contributed by atoms with Gasteiger partial charge in [-0.1, -0.05) is 37.9 Å². The monoisotopic (exact) mass is 404 g/mol. The number of aromatic nitrogens is 4. The van der Waals surface area contributed by atoms with Gasteiger partial charge in [0.15, 0.2) is 10.8 Å². The van der Waals surface area contributed by atoms with Gasteiger partial charge >= 0.3 is 0 Å². The zero-order valence-corrected chi connectivity index (χ0v) is 18.0. The molecule has 0 aromatic carbocycles. The smallest absolute Gasteiger partial charge is 0.220 e. The van der Waals surface area contributed by atoms with Gasteiger partial charge in [0, 0.05) is 19.0 Å². The van der Waals surface area contributed by atoms with E-state index in [-0.39, 0.29) is 11.9 Å². The minimum absolute atomic E-state index is 0.155. The number of hydrogen-bond donors (Lipinski definition) is 2. The van der Waals surface area contributed by atoms with Crippen LogP contribution in [-0.4, -0.2) is 44.0 Å². The maximum Gasteiger partial charge on any atom is 0.220 e. The summed E-state index contributed by atoms with van der Waals surface area (Å²) in [5.41, 5.74) is 0.815. The molecule has 28 heavy (non-hydrogen) atoms. The maximum atomic E-state index is 12.2. The first kappa shape index (κ1) is 20.9. The van der Waals surface area contributed by atoms with E-state index in [4.69, 9.17) is 0 Å². The molecule has 1 aliphatic carbocycles. The van der Waals surface area contributed by atoms with Crippen molar-refractivity contribution in [3.63, 3.8) is 0 Å². The number of nitrogens with zero attached hydrogens (tertiary/aromatic N) is 4. The Bertz CT molecular complexity index is 784. The molecule has 0 atom stereocenters. The number of hydrogen-bond acceptors (Lipinski definition) is 6. The average molecular weight is 405 g/mol. The quantitative estimate of drug-likeness (QED) is 0.488. The molecule has 7 nitrogen and oxygen atoms in total. The highest BCUT2D eigenvalue weighted by molar-refractivity contribution is 7.99. The molecule has 2 heterocycles. The van der Waals surface area contributed by atoms with Gasteiger partial charge < -0.3 is 10.6 Å². The number of thioether (sulfide) groups is 1. The summed E-state index contributed by atoms with van der Waals surface area (Å²) in [6, 6.07) is 0.278. The van der Waals surface area contributed by atoms with Gasteiger partial charge in [0.1, 0.15) is 5.82 Å². The zero-order chi connectivity index (χ0) is 19.9. The van der Waals surface area contributed by atoms with E-state index < -0.39 is 0 Å². The van der Waals surface area contributed by atoms with Crippen LogP contribution < -0.4 is 10.6 Å². The van der Waals surface area contributed by atoms with Gasteiger partial charge in [-0.2, -0.15) is 5.10 Å². The molecule has 154 valence electrons. The summed E-state index contributed by atoms with van der Waals surface area (Å²) in [6.45, 7) is 7.44. The second kappa shape index (κ2) is 10.1. The van der Waals surface area contributed by atoms with Crippen LogP contribution in [0.1, 0.15) is 59.3 Å². The second-order valence-electron chi connectivity index (χ2n) is 7.75. The number of carbonyl (C=O) groups excluding carboxylic acids is 1. The summed E-state index contributed by atoms with van der Waals surface area (Å²) >= 11 is 1.62. The van der Waals surface area contributed by atoms with Crippen LogP contribution in [0.25, 0.3) is 11.0 Å². The fourth-order valence-corrected chi connectivity index (χ4v) is 4.27. The molecule has 0 aliphatic heterocycles. The van der Waals surface area contributed by atoms with E-state index in [1.54, 1.807) is 11.8 Å². The first-order valence-electron chi connectivity index (χ1n) is 10.5. The molecule has 2 aromatic rings. The molecule has 1 fully saturated rings. The Morgan fingerprint density at radius 2 is 2.07 bits per heavy atom. The van der Waals surface area contributed by atoms with E-state index in [1.807, 2.05) is 10.9 Å². The topological polar surface area (TPSA) is 84.7 Å². The van der Waals surface area contributed by atoms with Crippen molar-refractivity contribution in [2.24, 2.45) is 5.92 Å². The predicted molar refractivity (Wildman–Crippen MR) is 115 cm³/mol. The van der Waals surface area contributed by atoms with Crippen molar-refractivity contribution in [1.29, 1.82) is 0 Å². The molecular formula is C20H32N6OS. The van der Waals surface area contributed by atoms with Crippen LogP contribution in [0.5, 0.6) is 0 Å². The summed E-state index contributed by atoms with van der Waals surface area (Å²) in [5.74, 6) is 2.45. The molecule has 0 unspecified atom stereocenters. The molecule has 1 aliphatic rings. The largest absolute Gasteiger partial charge is 0.367 e. The van der Waals surface area contributed by atoms with E-state index in [2.05, 4.69) is 46.5 Å². The molecule has 3 rings (SSSR count). The van der Waals surface area contributed by atoms with Crippen molar-refractivity contribution >= 4 is 34.5 Å². The lowest BCUT2D eigenvalue weighted by atomic mass is 9.87. The number of amides is 1. The lowest BCUT2D eigenvalue weighted by Crippen LogP contribution is -2.29. The summed E-state index contributed by atoms with van der Waals surface area (Å²) in [4.78, 5) is 21.6. The van der Waals surface area contributed by atoms with Gasteiger partial charge in [-0.15, -0.1) is 0 Å². The van der Waals surface area contributed by atoms with Crippen LogP contribution in [0.4, 0.5) is 5.82 Å². The molecule has 1 amide bonds. The van der Waals surface area contributed by atoms with E-state index >= 15 is 0 Å². The van der Waals surface area contributed by atoms with Crippen molar-refractivity contribution in [2.45, 2.75) is 77.0 Å². The van der Waals surface area contributed by atoms with Gasteiger partial charge in [-0.25, -0.2) is 14.6 Å². The van der Waals surface area contributed by atoms with Gasteiger partial charge in [0.2, 0.25) is 5.91 Å². The van der Waals surface area contributed by atoms with Gasteiger partial charge in [0.05, 0.1) is 18.1 Å². The zero-order valence-electron chi connectivity index (χ0n) is 17.2. The molecule has 0 saturated heterocycles. The maximum absolute atomic E-state index is 12.2. The number of anilines is 1. The van der Waals surface area contributed by atoms with Crippen molar-refractivity contribution in [2.75, 3.05) is 17.6 Å². The fourth-order valence-electron chi connectivity index (χ4n) is 3.70. The first-order chi connectivity index (χ1) is 13.6. The van der Waals surface area contributed by atoms with Crippen molar-refractivity contribution < 1.29 is 4.79 Å². The van der Waals surface area contributed by atoms with E-state index in [0.29, 0.717) is 25.4 Å². The highest BCUT2D eigenvalue weighted by Crippen LogP contribution is 2.26. The predicted octanol–water partition coefficient (Wildman–Crippen LogP) is 3.85. The van der Waals surface area contributed by atoms with Crippen LogP contribution in [0.15, 0.2) is 11.4 Å². The molecule has 2 aromatic heterocycles. The Morgan fingerprint density at radius 3 is 2.79 bits per heavy atom. The Kier molecular flexibility index (Phi) is 7.53. The Morgan fingerprint density at radius 1 is 1.29 bits per heavy atom. The van der Waals surface area contributed by atoms with E-state index in [9.17, 15) is 4.79 Å². The SMILES string of the molecule is CCSc1nc(NC(C)C)c2cnn(CCNC(=O)CC3CCCCC3)c2n1. The minimum atomic E-state index is 0.155. The first-order valence-corrected chi connectivity index (χ1v) is 11.4. The van der Waals surface area contributed by atoms with Crippen LogP contribution in [0, 0.1) is 5.92 Å². The summed E-state index contributed by atoms with van der Waals surface area (Å²) in [7, 11) is 0. The highest BCUT2D eigenvalue weighted by Gasteiger charge is 2.17. The molecule has 2 N–H and O–H groups in total. The number of nitrogens with one attached hydrogen (secondary N) is 2. The lowest BCUT2D eigenvalue weighted by molar-refractivity contribution is -0.122. The van der Waals surface area contributed by atoms with Gasteiger partial charge in [0.25, 0.3) is 0 Å². The summed E-state index contributed by atoms with van der Waals surface area (Å²) in [6.07, 6.45) is 8.70. The van der Waals surface area contributed by atoms with Crippen molar-refractivity contribution in [1.82, 2.24) is 25.1 Å². The third-order valence-corrected chi connectivity index (χ3v) is 5.75.